The van der Waals surface area contributed by atoms with Crippen LogP contribution in [0.1, 0.15) is 51.0 Å². The number of esters is 1. The third kappa shape index (κ3) is 4.55. The predicted octanol–water partition coefficient (Wildman–Crippen LogP) is 4.32. The molecule has 0 bridgehead atoms. The van der Waals surface area contributed by atoms with Gasteiger partial charge in [-0.05, 0) is 37.5 Å². The number of carbonyl (C=O) groups is 1. The smallest absolute Gasteiger partial charge is 0.310 e. The third-order valence-electron chi connectivity index (χ3n) is 5.45. The number of aromatic nitrogens is 4. The Bertz CT molecular complexity index is 945. The van der Waals surface area contributed by atoms with E-state index < -0.39 is 0 Å². The molecule has 0 amide bonds. The van der Waals surface area contributed by atoms with E-state index in [9.17, 15) is 4.79 Å². The zero-order chi connectivity index (χ0) is 20.1. The minimum absolute atomic E-state index is 0.200. The van der Waals surface area contributed by atoms with Crippen LogP contribution >= 0.6 is 0 Å². The Morgan fingerprint density at radius 2 is 1.90 bits per heavy atom. The first kappa shape index (κ1) is 19.4. The lowest BCUT2D eigenvalue weighted by molar-refractivity contribution is -0.142. The highest BCUT2D eigenvalue weighted by Crippen LogP contribution is 2.32. The summed E-state index contributed by atoms with van der Waals surface area (Å²) in [6, 6.07) is 8.45. The molecule has 7 nitrogen and oxygen atoms in total. The van der Waals surface area contributed by atoms with Crippen LogP contribution in [-0.4, -0.2) is 38.8 Å². The molecule has 1 aliphatic rings. The maximum Gasteiger partial charge on any atom is 0.310 e. The highest BCUT2D eigenvalue weighted by molar-refractivity contribution is 5.75. The Kier molecular flexibility index (Phi) is 6.03. The van der Waals surface area contributed by atoms with E-state index in [-0.39, 0.29) is 12.4 Å². The van der Waals surface area contributed by atoms with Crippen LogP contribution in [0.2, 0.25) is 0 Å². The fourth-order valence-electron chi connectivity index (χ4n) is 4.00. The van der Waals surface area contributed by atoms with Crippen molar-refractivity contribution in [1.82, 2.24) is 20.2 Å². The molecule has 4 rings (SSSR count). The largest absolute Gasteiger partial charge is 0.466 e. The number of hydrogen-bond acceptors (Lipinski definition) is 6. The summed E-state index contributed by atoms with van der Waals surface area (Å²) in [5, 5.41) is 7.91. The van der Waals surface area contributed by atoms with Crippen LogP contribution in [-0.2, 0) is 16.0 Å². The Balaban J connectivity index is 1.65. The second kappa shape index (κ2) is 9.03. The van der Waals surface area contributed by atoms with Crippen molar-refractivity contribution >= 4 is 28.6 Å². The molecule has 152 valence electrons. The Morgan fingerprint density at radius 1 is 1.14 bits per heavy atom. The normalized spacial score (nSPS) is 15.2. The molecule has 0 aliphatic heterocycles. The predicted molar refractivity (Wildman–Crippen MR) is 112 cm³/mol. The van der Waals surface area contributed by atoms with Crippen LogP contribution in [0.5, 0.6) is 0 Å². The van der Waals surface area contributed by atoms with Crippen molar-refractivity contribution < 1.29 is 9.53 Å². The summed E-state index contributed by atoms with van der Waals surface area (Å²) in [6.07, 6.45) is 11.1. The van der Waals surface area contributed by atoms with Crippen LogP contribution in [0.15, 0.2) is 36.7 Å². The van der Waals surface area contributed by atoms with Gasteiger partial charge in [0.2, 0.25) is 5.95 Å². The van der Waals surface area contributed by atoms with Gasteiger partial charge < -0.3 is 9.64 Å². The Hall–Kier alpha value is -2.96. The molecule has 0 unspecified atom stereocenters. The van der Waals surface area contributed by atoms with E-state index in [4.69, 9.17) is 9.72 Å². The van der Waals surface area contributed by atoms with Crippen LogP contribution in [0, 0.1) is 0 Å². The first-order valence-corrected chi connectivity index (χ1v) is 10.4. The van der Waals surface area contributed by atoms with E-state index in [1.807, 2.05) is 25.3 Å². The van der Waals surface area contributed by atoms with Gasteiger partial charge in [0, 0.05) is 17.9 Å². The molecule has 2 aromatic heterocycles. The lowest BCUT2D eigenvalue weighted by Crippen LogP contribution is -2.32. The molecule has 1 saturated carbocycles. The summed E-state index contributed by atoms with van der Waals surface area (Å²) in [5.74, 6) is 0.487. The molecule has 1 aromatic carbocycles. The van der Waals surface area contributed by atoms with Gasteiger partial charge >= 0.3 is 5.97 Å². The van der Waals surface area contributed by atoms with Gasteiger partial charge in [0.1, 0.15) is 0 Å². The molecule has 0 spiro atoms. The second-order valence-electron chi connectivity index (χ2n) is 7.51. The molecule has 0 atom stereocenters. The highest BCUT2D eigenvalue weighted by Gasteiger charge is 2.24. The minimum Gasteiger partial charge on any atom is -0.466 e. The molecule has 2 heterocycles. The van der Waals surface area contributed by atoms with Crippen molar-refractivity contribution in [2.75, 3.05) is 11.5 Å². The minimum atomic E-state index is -0.200. The quantitative estimate of drug-likeness (QED) is 0.496. The standard InChI is InChI=1S/C22H27N5O2/c1-2-29-20(28)13-16-9-11-19(12-10-16)27(18-7-5-3-4-6-8-18)22-23-14-17-15-24-26-21(17)25-22/h9-12,14-15,18H,2-8,13H2,1H3,(H,23,24,25,26). The van der Waals surface area contributed by atoms with Gasteiger partial charge in [-0.25, -0.2) is 4.98 Å². The molecule has 0 saturated heterocycles. The van der Waals surface area contributed by atoms with Gasteiger partial charge in [-0.3, -0.25) is 9.89 Å². The second-order valence-corrected chi connectivity index (χ2v) is 7.51. The van der Waals surface area contributed by atoms with Crippen molar-refractivity contribution in [3.63, 3.8) is 0 Å². The lowest BCUT2D eigenvalue weighted by Gasteiger charge is -2.31. The molecule has 1 aliphatic carbocycles. The van der Waals surface area contributed by atoms with Crippen LogP contribution in [0.4, 0.5) is 11.6 Å². The molecule has 7 heteroatoms. The summed E-state index contributed by atoms with van der Waals surface area (Å²) in [4.78, 5) is 23.4. The Labute approximate surface area is 170 Å². The molecular formula is C22H27N5O2. The van der Waals surface area contributed by atoms with Gasteiger partial charge in [-0.2, -0.15) is 10.1 Å². The number of nitrogens with zero attached hydrogens (tertiary/aromatic N) is 4. The van der Waals surface area contributed by atoms with E-state index >= 15 is 0 Å². The zero-order valence-corrected chi connectivity index (χ0v) is 16.8. The first-order chi connectivity index (χ1) is 14.2. The molecule has 1 N–H and O–H groups in total. The van der Waals surface area contributed by atoms with Gasteiger partial charge in [-0.1, -0.05) is 37.8 Å². The SMILES string of the molecule is CCOC(=O)Cc1ccc(N(c2ncc3cn[nH]c3n2)C2CCCCCC2)cc1. The fraction of sp³-hybridized carbons (Fsp3) is 0.455. The van der Waals surface area contributed by atoms with Gasteiger partial charge in [0.05, 0.1) is 24.6 Å². The zero-order valence-electron chi connectivity index (χ0n) is 16.8. The van der Waals surface area contributed by atoms with E-state index in [0.29, 0.717) is 18.6 Å². The number of benzene rings is 1. The van der Waals surface area contributed by atoms with Crippen molar-refractivity contribution in [2.45, 2.75) is 57.9 Å². The van der Waals surface area contributed by atoms with Crippen molar-refractivity contribution in [2.24, 2.45) is 0 Å². The maximum absolute atomic E-state index is 11.8. The number of nitrogens with one attached hydrogen (secondary N) is 1. The molecule has 0 radical (unpaired) electrons. The van der Waals surface area contributed by atoms with E-state index in [0.717, 1.165) is 35.1 Å². The third-order valence-corrected chi connectivity index (χ3v) is 5.45. The van der Waals surface area contributed by atoms with Crippen molar-refractivity contribution in [1.29, 1.82) is 0 Å². The summed E-state index contributed by atoms with van der Waals surface area (Å²) in [5.41, 5.74) is 2.73. The summed E-state index contributed by atoms with van der Waals surface area (Å²) >= 11 is 0. The number of anilines is 2. The Morgan fingerprint density at radius 3 is 2.62 bits per heavy atom. The first-order valence-electron chi connectivity index (χ1n) is 10.4. The number of H-pyrrole nitrogens is 1. The monoisotopic (exact) mass is 393 g/mol. The number of rotatable bonds is 6. The lowest BCUT2D eigenvalue weighted by atomic mass is 10.1. The van der Waals surface area contributed by atoms with Crippen molar-refractivity contribution in [3.8, 4) is 0 Å². The number of ether oxygens (including phenoxy) is 1. The van der Waals surface area contributed by atoms with Gasteiger partial charge in [-0.15, -0.1) is 0 Å². The molecular weight excluding hydrogens is 366 g/mol. The van der Waals surface area contributed by atoms with Gasteiger partial charge in [0.25, 0.3) is 0 Å². The van der Waals surface area contributed by atoms with Crippen LogP contribution in [0.3, 0.4) is 0 Å². The number of carbonyl (C=O) groups excluding carboxylic acids is 1. The van der Waals surface area contributed by atoms with E-state index in [1.165, 1.54) is 25.7 Å². The highest BCUT2D eigenvalue weighted by atomic mass is 16.5. The van der Waals surface area contributed by atoms with E-state index in [1.54, 1.807) is 6.20 Å². The number of aromatic amines is 1. The molecule has 3 aromatic rings. The molecule has 1 fully saturated rings. The summed E-state index contributed by atoms with van der Waals surface area (Å²) in [7, 11) is 0. The topological polar surface area (TPSA) is 84.0 Å². The fourth-order valence-corrected chi connectivity index (χ4v) is 4.00. The van der Waals surface area contributed by atoms with Crippen LogP contribution in [0.25, 0.3) is 11.0 Å². The average molecular weight is 393 g/mol. The van der Waals surface area contributed by atoms with E-state index in [2.05, 4.69) is 32.2 Å². The average Bonchev–Trinajstić information content (AvgIpc) is 3.03. The number of fused-ring (bicyclic) bond motifs is 1. The number of hydrogen-bond donors (Lipinski definition) is 1. The summed E-state index contributed by atoms with van der Waals surface area (Å²) in [6.45, 7) is 2.22. The molecule has 29 heavy (non-hydrogen) atoms. The van der Waals surface area contributed by atoms with Crippen molar-refractivity contribution in [3.05, 3.63) is 42.2 Å². The summed E-state index contributed by atoms with van der Waals surface area (Å²) < 4.78 is 5.06. The maximum atomic E-state index is 11.8. The van der Waals surface area contributed by atoms with Gasteiger partial charge in [0.15, 0.2) is 5.65 Å². The van der Waals surface area contributed by atoms with Crippen LogP contribution < -0.4 is 4.90 Å².